The molecular formula is C33H46O2. The normalized spacial score (nSPS) is 24.7. The van der Waals surface area contributed by atoms with Crippen molar-refractivity contribution in [1.82, 2.24) is 0 Å². The van der Waals surface area contributed by atoms with Crippen LogP contribution in [-0.4, -0.2) is 5.97 Å². The first-order valence-electron chi connectivity index (χ1n) is 14.6. The molecule has 2 saturated carbocycles. The number of carbonyl (C=O) groups excluding carboxylic acids is 1. The van der Waals surface area contributed by atoms with Gasteiger partial charge >= 0.3 is 5.97 Å². The Kier molecular flexibility index (Phi) is 9.86. The van der Waals surface area contributed by atoms with Crippen LogP contribution in [0.2, 0.25) is 0 Å². The Morgan fingerprint density at radius 3 is 1.86 bits per heavy atom. The van der Waals surface area contributed by atoms with Crippen molar-refractivity contribution in [3.05, 3.63) is 54.1 Å². The average molecular weight is 475 g/mol. The molecular weight excluding hydrogens is 428 g/mol. The van der Waals surface area contributed by atoms with E-state index in [2.05, 4.69) is 50.2 Å². The zero-order valence-electron chi connectivity index (χ0n) is 22.1. The Balaban J connectivity index is 1.25. The fraction of sp³-hybridized carbons (Fsp3) is 0.606. The molecule has 2 aromatic rings. The summed E-state index contributed by atoms with van der Waals surface area (Å²) in [6.45, 7) is 4.54. The third-order valence-corrected chi connectivity index (χ3v) is 8.73. The highest BCUT2D eigenvalue weighted by atomic mass is 16.5. The van der Waals surface area contributed by atoms with Gasteiger partial charge < -0.3 is 4.74 Å². The summed E-state index contributed by atoms with van der Waals surface area (Å²) in [7, 11) is 0. The molecule has 35 heavy (non-hydrogen) atoms. The minimum absolute atomic E-state index is 0.0443. The van der Waals surface area contributed by atoms with Crippen LogP contribution in [0.1, 0.15) is 115 Å². The third kappa shape index (κ3) is 7.45. The number of rotatable bonds is 10. The van der Waals surface area contributed by atoms with Gasteiger partial charge in [-0.15, -0.1) is 0 Å². The molecule has 2 aliphatic carbocycles. The SMILES string of the molecule is CCCCC[C@H]1CC[C@H](c2ccc(-c3ccc(OC(=O)[C@H]4CC[C@H](CCC)CC4)cc3)cc2)CC1. The van der Waals surface area contributed by atoms with Crippen LogP contribution in [0, 0.1) is 17.8 Å². The summed E-state index contributed by atoms with van der Waals surface area (Å²) in [4.78, 5) is 12.6. The number of carbonyl (C=O) groups is 1. The van der Waals surface area contributed by atoms with Crippen molar-refractivity contribution < 1.29 is 9.53 Å². The van der Waals surface area contributed by atoms with Crippen LogP contribution in [0.4, 0.5) is 0 Å². The Morgan fingerprint density at radius 2 is 1.26 bits per heavy atom. The second kappa shape index (κ2) is 13.3. The zero-order valence-corrected chi connectivity index (χ0v) is 22.1. The van der Waals surface area contributed by atoms with E-state index in [-0.39, 0.29) is 11.9 Å². The minimum Gasteiger partial charge on any atom is -0.426 e. The quantitative estimate of drug-likeness (QED) is 0.194. The van der Waals surface area contributed by atoms with Crippen molar-refractivity contribution in [2.75, 3.05) is 0 Å². The molecule has 190 valence electrons. The molecule has 2 aliphatic rings. The van der Waals surface area contributed by atoms with Crippen LogP contribution >= 0.6 is 0 Å². The van der Waals surface area contributed by atoms with E-state index in [4.69, 9.17) is 4.74 Å². The van der Waals surface area contributed by atoms with Crippen molar-refractivity contribution in [3.8, 4) is 16.9 Å². The number of ether oxygens (including phenoxy) is 1. The minimum atomic E-state index is -0.0443. The number of benzene rings is 2. The van der Waals surface area contributed by atoms with Gasteiger partial charge in [0.1, 0.15) is 5.75 Å². The first-order valence-corrected chi connectivity index (χ1v) is 14.6. The fourth-order valence-corrected chi connectivity index (χ4v) is 6.43. The Labute approximate surface area is 213 Å². The smallest absolute Gasteiger partial charge is 0.314 e. The number of hydrogen-bond acceptors (Lipinski definition) is 2. The molecule has 2 fully saturated rings. The van der Waals surface area contributed by atoms with Crippen LogP contribution in [0.15, 0.2) is 48.5 Å². The van der Waals surface area contributed by atoms with E-state index in [9.17, 15) is 4.79 Å². The van der Waals surface area contributed by atoms with E-state index in [1.807, 2.05) is 12.1 Å². The Bertz CT molecular complexity index is 882. The van der Waals surface area contributed by atoms with Gasteiger partial charge in [0.2, 0.25) is 0 Å². The lowest BCUT2D eigenvalue weighted by Gasteiger charge is -2.29. The van der Waals surface area contributed by atoms with Crippen molar-refractivity contribution in [2.24, 2.45) is 17.8 Å². The molecule has 0 bridgehead atoms. The van der Waals surface area contributed by atoms with E-state index in [0.717, 1.165) is 30.6 Å². The van der Waals surface area contributed by atoms with Gasteiger partial charge in [-0.25, -0.2) is 0 Å². The van der Waals surface area contributed by atoms with Crippen molar-refractivity contribution in [3.63, 3.8) is 0 Å². The lowest BCUT2D eigenvalue weighted by atomic mass is 9.77. The van der Waals surface area contributed by atoms with Crippen molar-refractivity contribution in [1.29, 1.82) is 0 Å². The van der Waals surface area contributed by atoms with E-state index < -0.39 is 0 Å². The number of esters is 1. The summed E-state index contributed by atoms with van der Waals surface area (Å²) in [5, 5.41) is 0. The molecule has 0 unspecified atom stereocenters. The lowest BCUT2D eigenvalue weighted by Crippen LogP contribution is -2.25. The molecule has 2 aromatic carbocycles. The summed E-state index contributed by atoms with van der Waals surface area (Å²) in [5.74, 6) is 3.19. The van der Waals surface area contributed by atoms with E-state index in [1.54, 1.807) is 0 Å². The molecule has 2 nitrogen and oxygen atoms in total. The third-order valence-electron chi connectivity index (χ3n) is 8.73. The van der Waals surface area contributed by atoms with Gasteiger partial charge in [-0.2, -0.15) is 0 Å². The van der Waals surface area contributed by atoms with Gasteiger partial charge in [0, 0.05) is 0 Å². The molecule has 4 rings (SSSR count). The fourth-order valence-electron chi connectivity index (χ4n) is 6.43. The van der Waals surface area contributed by atoms with Gasteiger partial charge in [0.15, 0.2) is 0 Å². The molecule has 0 atom stereocenters. The zero-order chi connectivity index (χ0) is 24.5. The molecule has 0 aliphatic heterocycles. The highest BCUT2D eigenvalue weighted by molar-refractivity contribution is 5.75. The van der Waals surface area contributed by atoms with Crippen molar-refractivity contribution >= 4 is 5.97 Å². The summed E-state index contributed by atoms with van der Waals surface area (Å²) >= 11 is 0. The number of hydrogen-bond donors (Lipinski definition) is 0. The van der Waals surface area contributed by atoms with Crippen molar-refractivity contribution in [2.45, 2.75) is 110 Å². The molecule has 0 spiro atoms. The topological polar surface area (TPSA) is 26.3 Å². The standard InChI is InChI=1S/C33H46O2/c1-3-5-6-8-26-9-13-27(14-10-26)28-17-19-29(20-18-28)30-21-23-32(24-22-30)35-33(34)31-15-11-25(7-4-2)12-16-31/h17-27,31H,3-16H2,1-2H3/t25-,26-,27-,31-. The molecule has 0 amide bonds. The Morgan fingerprint density at radius 1 is 0.686 bits per heavy atom. The monoisotopic (exact) mass is 474 g/mol. The van der Waals surface area contributed by atoms with Crippen LogP contribution in [0.5, 0.6) is 5.75 Å². The summed E-state index contributed by atoms with van der Waals surface area (Å²) in [6, 6.07) is 17.2. The van der Waals surface area contributed by atoms with Crippen LogP contribution in [-0.2, 0) is 4.79 Å². The van der Waals surface area contributed by atoms with Gasteiger partial charge in [0.25, 0.3) is 0 Å². The van der Waals surface area contributed by atoms with E-state index >= 15 is 0 Å². The highest BCUT2D eigenvalue weighted by Crippen LogP contribution is 2.38. The predicted octanol–water partition coefficient (Wildman–Crippen LogP) is 9.72. The lowest BCUT2D eigenvalue weighted by molar-refractivity contribution is -0.140. The molecule has 0 heterocycles. The molecule has 0 radical (unpaired) electrons. The van der Waals surface area contributed by atoms with Gasteiger partial charge in [-0.1, -0.05) is 88.8 Å². The maximum absolute atomic E-state index is 12.6. The van der Waals surface area contributed by atoms with Crippen LogP contribution in [0.25, 0.3) is 11.1 Å². The highest BCUT2D eigenvalue weighted by Gasteiger charge is 2.27. The molecule has 2 heteroatoms. The van der Waals surface area contributed by atoms with E-state index in [1.165, 1.54) is 93.7 Å². The summed E-state index contributed by atoms with van der Waals surface area (Å²) in [6.07, 6.45) is 17.9. The summed E-state index contributed by atoms with van der Waals surface area (Å²) in [5.41, 5.74) is 3.91. The maximum atomic E-state index is 12.6. The first kappa shape index (κ1) is 26.0. The van der Waals surface area contributed by atoms with Crippen LogP contribution < -0.4 is 4.74 Å². The maximum Gasteiger partial charge on any atom is 0.314 e. The van der Waals surface area contributed by atoms with E-state index in [0.29, 0.717) is 5.75 Å². The second-order valence-electron chi connectivity index (χ2n) is 11.3. The molecule has 0 aromatic heterocycles. The first-order chi connectivity index (χ1) is 17.2. The predicted molar refractivity (Wildman–Crippen MR) is 147 cm³/mol. The van der Waals surface area contributed by atoms with Gasteiger partial charge in [-0.3, -0.25) is 4.79 Å². The van der Waals surface area contributed by atoms with Gasteiger partial charge in [0.05, 0.1) is 5.92 Å². The Hall–Kier alpha value is -2.09. The number of unbranched alkanes of at least 4 members (excludes halogenated alkanes) is 2. The molecule has 0 saturated heterocycles. The van der Waals surface area contributed by atoms with Gasteiger partial charge in [-0.05, 0) is 97.9 Å². The van der Waals surface area contributed by atoms with Crippen LogP contribution in [0.3, 0.4) is 0 Å². The molecule has 0 N–H and O–H groups in total. The second-order valence-corrected chi connectivity index (χ2v) is 11.3. The largest absolute Gasteiger partial charge is 0.426 e. The summed E-state index contributed by atoms with van der Waals surface area (Å²) < 4.78 is 5.74. The average Bonchev–Trinajstić information content (AvgIpc) is 2.90.